The molecule has 0 unspecified atom stereocenters. The Bertz CT molecular complexity index is 670. The van der Waals surface area contributed by atoms with Crippen molar-refractivity contribution in [2.45, 2.75) is 51.0 Å². The minimum atomic E-state index is -0.422. The Hall–Kier alpha value is -1.55. The highest BCUT2D eigenvalue weighted by molar-refractivity contribution is 5.73. The lowest BCUT2D eigenvalue weighted by Crippen LogP contribution is -2.46. The Kier molecular flexibility index (Phi) is 3.64. The van der Waals surface area contributed by atoms with Gasteiger partial charge in [0.2, 0.25) is 0 Å². The number of ether oxygens (including phenoxy) is 1. The summed E-state index contributed by atoms with van der Waals surface area (Å²) >= 11 is 0. The molecule has 0 saturated heterocycles. The molecule has 4 heteroatoms. The number of carbonyl (C=O) groups excluding carboxylic acids is 1. The average Bonchev–Trinajstić information content (AvgIpc) is 2.85. The van der Waals surface area contributed by atoms with Gasteiger partial charge in [-0.15, -0.1) is 0 Å². The molecule has 0 aliphatic heterocycles. The van der Waals surface area contributed by atoms with Crippen LogP contribution in [0.4, 0.5) is 0 Å². The van der Waals surface area contributed by atoms with Crippen molar-refractivity contribution in [3.8, 4) is 5.75 Å². The zero-order valence-corrected chi connectivity index (χ0v) is 14.4. The zero-order chi connectivity index (χ0) is 17.1. The van der Waals surface area contributed by atoms with Gasteiger partial charge >= 0.3 is 5.97 Å². The van der Waals surface area contributed by atoms with E-state index in [1.54, 1.807) is 6.07 Å². The van der Waals surface area contributed by atoms with Crippen molar-refractivity contribution in [2.75, 3.05) is 7.11 Å². The lowest BCUT2D eigenvalue weighted by Gasteiger charge is -2.51. The molecule has 24 heavy (non-hydrogen) atoms. The summed E-state index contributed by atoms with van der Waals surface area (Å²) in [5, 5.41) is 20.4. The summed E-state index contributed by atoms with van der Waals surface area (Å²) < 4.78 is 5.06. The van der Waals surface area contributed by atoms with Crippen LogP contribution in [-0.2, 0) is 16.0 Å². The van der Waals surface area contributed by atoms with Gasteiger partial charge in [-0.2, -0.15) is 0 Å². The summed E-state index contributed by atoms with van der Waals surface area (Å²) in [4.78, 5) is 12.4. The lowest BCUT2D eigenvalue weighted by atomic mass is 9.54. The van der Waals surface area contributed by atoms with E-state index < -0.39 is 6.10 Å². The minimum absolute atomic E-state index is 0.167. The predicted octanol–water partition coefficient (Wildman–Crippen LogP) is 3.01. The molecule has 2 N–H and O–H groups in total. The lowest BCUT2D eigenvalue weighted by molar-refractivity contribution is -0.149. The van der Waals surface area contributed by atoms with Crippen molar-refractivity contribution in [1.82, 2.24) is 0 Å². The van der Waals surface area contributed by atoms with E-state index in [4.69, 9.17) is 4.74 Å². The number of aliphatic hydroxyl groups is 1. The first kappa shape index (κ1) is 15.9. The number of esters is 1. The summed E-state index contributed by atoms with van der Waals surface area (Å²) in [6.45, 7) is 2.16. The number of fused-ring (bicyclic) bond motifs is 5. The standard InChI is InChI=1S/C20H26O4/c1-20-8-7-14-13-6-4-12(21)9-11(13)3-5-15(14)18(20)16(10-17(20)22)19(23)24-2/h4,6,9,14-18,21-22H,3,5,7-8,10H2,1-2H3/t14-,15-,16+,17+,18-,20-/m1/s1. The van der Waals surface area contributed by atoms with Crippen molar-refractivity contribution < 1.29 is 19.7 Å². The second-order valence-electron chi connectivity index (χ2n) is 8.14. The van der Waals surface area contributed by atoms with E-state index >= 15 is 0 Å². The molecule has 3 aliphatic rings. The molecule has 1 aromatic carbocycles. The van der Waals surface area contributed by atoms with Crippen molar-refractivity contribution in [3.05, 3.63) is 29.3 Å². The Balaban J connectivity index is 1.73. The Morgan fingerprint density at radius 2 is 2.12 bits per heavy atom. The third-order valence-corrected chi connectivity index (χ3v) is 7.18. The van der Waals surface area contributed by atoms with Gasteiger partial charge in [0.15, 0.2) is 0 Å². The fraction of sp³-hybridized carbons (Fsp3) is 0.650. The van der Waals surface area contributed by atoms with Crippen LogP contribution in [-0.4, -0.2) is 29.4 Å². The van der Waals surface area contributed by atoms with E-state index in [-0.39, 0.29) is 23.2 Å². The zero-order valence-electron chi connectivity index (χ0n) is 14.4. The average molecular weight is 330 g/mol. The van der Waals surface area contributed by atoms with Gasteiger partial charge in [0.25, 0.3) is 0 Å². The minimum Gasteiger partial charge on any atom is -0.508 e. The monoisotopic (exact) mass is 330 g/mol. The van der Waals surface area contributed by atoms with Gasteiger partial charge in [-0.3, -0.25) is 4.79 Å². The molecule has 0 bridgehead atoms. The molecule has 4 rings (SSSR count). The van der Waals surface area contributed by atoms with E-state index in [1.165, 1.54) is 18.2 Å². The van der Waals surface area contributed by atoms with Gasteiger partial charge in [-0.1, -0.05) is 13.0 Å². The summed E-state index contributed by atoms with van der Waals surface area (Å²) in [6.07, 6.45) is 4.03. The van der Waals surface area contributed by atoms with E-state index in [9.17, 15) is 15.0 Å². The van der Waals surface area contributed by atoms with E-state index in [2.05, 4.69) is 13.0 Å². The molecule has 3 aliphatic carbocycles. The summed E-state index contributed by atoms with van der Waals surface area (Å²) in [5.41, 5.74) is 2.39. The highest BCUT2D eigenvalue weighted by atomic mass is 16.5. The number of hydrogen-bond acceptors (Lipinski definition) is 4. The maximum Gasteiger partial charge on any atom is 0.309 e. The van der Waals surface area contributed by atoms with Crippen molar-refractivity contribution in [2.24, 2.45) is 23.2 Å². The number of aryl methyl sites for hydroxylation is 1. The Morgan fingerprint density at radius 3 is 2.88 bits per heavy atom. The molecular weight excluding hydrogens is 304 g/mol. The highest BCUT2D eigenvalue weighted by Gasteiger charge is 2.60. The van der Waals surface area contributed by atoms with Crippen molar-refractivity contribution in [3.63, 3.8) is 0 Å². The molecule has 130 valence electrons. The molecule has 0 heterocycles. The largest absolute Gasteiger partial charge is 0.508 e. The van der Waals surface area contributed by atoms with Crippen LogP contribution in [0.15, 0.2) is 18.2 Å². The maximum atomic E-state index is 12.4. The second-order valence-corrected chi connectivity index (χ2v) is 8.14. The summed E-state index contributed by atoms with van der Waals surface area (Å²) in [7, 11) is 1.45. The number of aliphatic hydroxyl groups excluding tert-OH is 1. The van der Waals surface area contributed by atoms with Gasteiger partial charge in [0, 0.05) is 0 Å². The number of hydrogen-bond donors (Lipinski definition) is 2. The number of benzene rings is 1. The van der Waals surface area contributed by atoms with E-state index in [1.807, 2.05) is 6.07 Å². The molecule has 4 nitrogen and oxygen atoms in total. The Morgan fingerprint density at radius 1 is 1.33 bits per heavy atom. The molecular formula is C20H26O4. The predicted molar refractivity (Wildman–Crippen MR) is 89.6 cm³/mol. The first-order valence-corrected chi connectivity index (χ1v) is 9.03. The smallest absolute Gasteiger partial charge is 0.309 e. The van der Waals surface area contributed by atoms with Crippen LogP contribution in [0.3, 0.4) is 0 Å². The number of rotatable bonds is 1. The summed E-state index contributed by atoms with van der Waals surface area (Å²) in [5.74, 6) is 0.977. The van der Waals surface area contributed by atoms with Crippen molar-refractivity contribution in [1.29, 1.82) is 0 Å². The quantitative estimate of drug-likeness (QED) is 0.777. The maximum absolute atomic E-state index is 12.4. The molecule has 0 radical (unpaired) electrons. The van der Waals surface area contributed by atoms with Gasteiger partial charge < -0.3 is 14.9 Å². The SMILES string of the molecule is COC(=O)[C@H]1C[C@H](O)[C@@]2(C)CC[C@@H]3c4ccc(O)cc4CC[C@H]3[C@H]12. The highest BCUT2D eigenvalue weighted by Crippen LogP contribution is 2.62. The van der Waals surface area contributed by atoms with Gasteiger partial charge in [-0.05, 0) is 78.5 Å². The van der Waals surface area contributed by atoms with Gasteiger partial charge in [0.05, 0.1) is 19.1 Å². The molecule has 6 atom stereocenters. The first-order chi connectivity index (χ1) is 11.5. The first-order valence-electron chi connectivity index (χ1n) is 9.03. The molecule has 2 saturated carbocycles. The molecule has 0 aromatic heterocycles. The van der Waals surface area contributed by atoms with Crippen LogP contribution >= 0.6 is 0 Å². The fourth-order valence-corrected chi connectivity index (χ4v) is 6.04. The van der Waals surface area contributed by atoms with E-state index in [0.717, 1.165) is 25.7 Å². The van der Waals surface area contributed by atoms with Crippen LogP contribution in [0.1, 0.15) is 49.7 Å². The second kappa shape index (κ2) is 5.48. The van der Waals surface area contributed by atoms with Crippen LogP contribution in [0, 0.1) is 23.2 Å². The number of phenolic OH excluding ortho intramolecular Hbond substituents is 1. The van der Waals surface area contributed by atoms with Crippen LogP contribution < -0.4 is 0 Å². The summed E-state index contributed by atoms with van der Waals surface area (Å²) in [6, 6.07) is 5.72. The molecule has 0 amide bonds. The van der Waals surface area contributed by atoms with Gasteiger partial charge in [0.1, 0.15) is 5.75 Å². The topological polar surface area (TPSA) is 66.8 Å². The van der Waals surface area contributed by atoms with Crippen LogP contribution in [0.25, 0.3) is 0 Å². The fourth-order valence-electron chi connectivity index (χ4n) is 6.04. The van der Waals surface area contributed by atoms with Crippen LogP contribution in [0.2, 0.25) is 0 Å². The number of aromatic hydroxyl groups is 1. The number of carbonyl (C=O) groups is 1. The van der Waals surface area contributed by atoms with Gasteiger partial charge in [-0.25, -0.2) is 0 Å². The van der Waals surface area contributed by atoms with E-state index in [0.29, 0.717) is 24.0 Å². The van der Waals surface area contributed by atoms with Crippen LogP contribution in [0.5, 0.6) is 5.75 Å². The Labute approximate surface area is 142 Å². The molecule has 0 spiro atoms. The molecule has 1 aromatic rings. The number of methoxy groups -OCH3 is 1. The third kappa shape index (κ3) is 2.12. The van der Waals surface area contributed by atoms with Crippen molar-refractivity contribution >= 4 is 5.97 Å². The number of phenols is 1. The molecule has 2 fully saturated rings. The normalized spacial score (nSPS) is 40.4. The third-order valence-electron chi connectivity index (χ3n) is 7.18.